The Morgan fingerprint density at radius 2 is 1.32 bits per heavy atom. The monoisotopic (exact) mass is 422 g/mol. The van der Waals surface area contributed by atoms with Crippen LogP contribution < -0.4 is 10.6 Å². The number of hydrogen-bond donors (Lipinski definition) is 2. The minimum atomic E-state index is -0.235. The quantitative estimate of drug-likeness (QED) is 0.686. The van der Waals surface area contributed by atoms with Crippen molar-refractivity contribution in [2.45, 2.75) is 38.9 Å². The zero-order valence-electron chi connectivity index (χ0n) is 18.8. The topological polar surface area (TPSA) is 64.7 Å². The van der Waals surface area contributed by atoms with Crippen molar-refractivity contribution in [3.8, 4) is 0 Å². The fourth-order valence-electron chi connectivity index (χ4n) is 3.96. The summed E-state index contributed by atoms with van der Waals surface area (Å²) >= 11 is 0. The molecule has 2 N–H and O–H groups in total. The van der Waals surface area contributed by atoms with Crippen molar-refractivity contribution in [1.29, 1.82) is 0 Å². The lowest BCUT2D eigenvalue weighted by Crippen LogP contribution is -2.55. The van der Waals surface area contributed by atoms with Crippen LogP contribution in [0.3, 0.4) is 0 Å². The normalized spacial score (nSPS) is 16.3. The first-order chi connectivity index (χ1) is 14.9. The summed E-state index contributed by atoms with van der Waals surface area (Å²) < 4.78 is 0. The Hall–Kier alpha value is -2.70. The largest absolute Gasteiger partial charge is 0.353 e. The molecule has 1 heterocycles. The Labute approximate surface area is 185 Å². The first-order valence-corrected chi connectivity index (χ1v) is 11.1. The van der Waals surface area contributed by atoms with Gasteiger partial charge in [0.25, 0.3) is 0 Å². The SMILES string of the molecule is CC(C)NC(=O)CN1CCN([C@H](C)C(=O)NC(c2ccccc2)c2ccccc2)CC1. The molecule has 0 spiro atoms. The predicted molar refractivity (Wildman–Crippen MR) is 124 cm³/mol. The maximum absolute atomic E-state index is 13.1. The summed E-state index contributed by atoms with van der Waals surface area (Å²) in [6, 6.07) is 19.9. The molecule has 0 bridgehead atoms. The Balaban J connectivity index is 1.58. The third-order valence-electron chi connectivity index (χ3n) is 5.70. The average Bonchev–Trinajstić information content (AvgIpc) is 2.78. The maximum Gasteiger partial charge on any atom is 0.237 e. The Morgan fingerprint density at radius 3 is 1.81 bits per heavy atom. The molecule has 1 fully saturated rings. The molecular weight excluding hydrogens is 388 g/mol. The van der Waals surface area contributed by atoms with Crippen LogP contribution in [0.1, 0.15) is 37.9 Å². The average molecular weight is 423 g/mol. The van der Waals surface area contributed by atoms with Crippen LogP contribution in [0.25, 0.3) is 0 Å². The lowest BCUT2D eigenvalue weighted by Gasteiger charge is -2.37. The molecule has 31 heavy (non-hydrogen) atoms. The van der Waals surface area contributed by atoms with Gasteiger partial charge >= 0.3 is 0 Å². The van der Waals surface area contributed by atoms with E-state index in [2.05, 4.69) is 20.4 Å². The highest BCUT2D eigenvalue weighted by Gasteiger charge is 2.28. The van der Waals surface area contributed by atoms with E-state index < -0.39 is 0 Å². The van der Waals surface area contributed by atoms with Crippen molar-refractivity contribution in [2.24, 2.45) is 0 Å². The molecule has 3 rings (SSSR count). The highest BCUT2D eigenvalue weighted by molar-refractivity contribution is 5.82. The number of benzene rings is 2. The zero-order chi connectivity index (χ0) is 22.2. The zero-order valence-corrected chi connectivity index (χ0v) is 18.8. The Kier molecular flexibility index (Phi) is 8.20. The van der Waals surface area contributed by atoms with Gasteiger partial charge in [0.15, 0.2) is 0 Å². The summed E-state index contributed by atoms with van der Waals surface area (Å²) in [5.74, 6) is 0.0755. The summed E-state index contributed by atoms with van der Waals surface area (Å²) in [7, 11) is 0. The lowest BCUT2D eigenvalue weighted by atomic mass is 9.98. The summed E-state index contributed by atoms with van der Waals surface area (Å²) in [5, 5.41) is 6.19. The molecule has 1 saturated heterocycles. The third kappa shape index (κ3) is 6.64. The second-order valence-corrected chi connectivity index (χ2v) is 8.47. The van der Waals surface area contributed by atoms with Gasteiger partial charge < -0.3 is 10.6 Å². The minimum Gasteiger partial charge on any atom is -0.353 e. The van der Waals surface area contributed by atoms with Crippen molar-refractivity contribution in [3.05, 3.63) is 71.8 Å². The predicted octanol–water partition coefficient (Wildman–Crippen LogP) is 2.42. The van der Waals surface area contributed by atoms with Gasteiger partial charge in [-0.1, -0.05) is 60.7 Å². The summed E-state index contributed by atoms with van der Waals surface area (Å²) in [5.41, 5.74) is 2.13. The molecule has 0 saturated carbocycles. The number of piperazine rings is 1. The standard InChI is InChI=1S/C25H34N4O2/c1-19(2)26-23(30)18-28-14-16-29(17-15-28)20(3)25(31)27-24(21-10-6-4-7-11-21)22-12-8-5-9-13-22/h4-13,19-20,24H,14-18H2,1-3H3,(H,26,30)(H,27,31)/t20-/m1/s1. The van der Waals surface area contributed by atoms with Crippen LogP contribution in [0.15, 0.2) is 60.7 Å². The number of nitrogens with one attached hydrogen (secondary N) is 2. The molecule has 6 heteroatoms. The van der Waals surface area contributed by atoms with Gasteiger partial charge in [-0.25, -0.2) is 0 Å². The number of carbonyl (C=O) groups is 2. The van der Waals surface area contributed by atoms with Crippen LogP contribution in [0.2, 0.25) is 0 Å². The van der Waals surface area contributed by atoms with Gasteiger partial charge in [-0.2, -0.15) is 0 Å². The number of amides is 2. The lowest BCUT2D eigenvalue weighted by molar-refractivity contribution is -0.128. The molecule has 1 atom stereocenters. The van der Waals surface area contributed by atoms with Gasteiger partial charge in [0.1, 0.15) is 0 Å². The van der Waals surface area contributed by atoms with Crippen molar-refractivity contribution in [1.82, 2.24) is 20.4 Å². The molecule has 0 aliphatic carbocycles. The molecule has 0 unspecified atom stereocenters. The molecule has 0 aromatic heterocycles. The molecule has 2 aromatic carbocycles. The van der Waals surface area contributed by atoms with E-state index in [1.165, 1.54) is 0 Å². The molecule has 1 aliphatic rings. The minimum absolute atomic E-state index is 0.0173. The van der Waals surface area contributed by atoms with Crippen molar-refractivity contribution in [2.75, 3.05) is 32.7 Å². The third-order valence-corrected chi connectivity index (χ3v) is 5.70. The first-order valence-electron chi connectivity index (χ1n) is 11.1. The smallest absolute Gasteiger partial charge is 0.237 e. The van der Waals surface area contributed by atoms with E-state index in [0.717, 1.165) is 37.3 Å². The van der Waals surface area contributed by atoms with Gasteiger partial charge in [0, 0.05) is 32.2 Å². The molecule has 6 nitrogen and oxygen atoms in total. The van der Waals surface area contributed by atoms with E-state index in [9.17, 15) is 9.59 Å². The highest BCUT2D eigenvalue weighted by atomic mass is 16.2. The van der Waals surface area contributed by atoms with E-state index in [1.54, 1.807) is 0 Å². The molecular formula is C25H34N4O2. The fourth-order valence-corrected chi connectivity index (χ4v) is 3.96. The van der Waals surface area contributed by atoms with E-state index in [4.69, 9.17) is 0 Å². The first kappa shape index (κ1) is 23.0. The van der Waals surface area contributed by atoms with Crippen LogP contribution >= 0.6 is 0 Å². The van der Waals surface area contributed by atoms with Crippen molar-refractivity contribution >= 4 is 11.8 Å². The van der Waals surface area contributed by atoms with Crippen LogP contribution in [0, 0.1) is 0 Å². The molecule has 2 aromatic rings. The second kappa shape index (κ2) is 11.1. The molecule has 0 radical (unpaired) electrons. The summed E-state index contributed by atoms with van der Waals surface area (Å²) in [4.78, 5) is 29.5. The fraction of sp³-hybridized carbons (Fsp3) is 0.440. The van der Waals surface area contributed by atoms with E-state index in [-0.39, 0.29) is 29.9 Å². The van der Waals surface area contributed by atoms with E-state index in [0.29, 0.717) is 6.54 Å². The van der Waals surface area contributed by atoms with Gasteiger partial charge in [-0.3, -0.25) is 19.4 Å². The van der Waals surface area contributed by atoms with Crippen LogP contribution in [0.5, 0.6) is 0 Å². The molecule has 2 amide bonds. The number of carbonyl (C=O) groups excluding carboxylic acids is 2. The second-order valence-electron chi connectivity index (χ2n) is 8.47. The Bertz CT molecular complexity index is 794. The number of nitrogens with zero attached hydrogens (tertiary/aromatic N) is 2. The maximum atomic E-state index is 13.1. The van der Waals surface area contributed by atoms with Crippen molar-refractivity contribution < 1.29 is 9.59 Å². The molecule has 1 aliphatic heterocycles. The van der Waals surface area contributed by atoms with Crippen molar-refractivity contribution in [3.63, 3.8) is 0 Å². The van der Waals surface area contributed by atoms with Crippen LogP contribution in [-0.2, 0) is 9.59 Å². The summed E-state index contributed by atoms with van der Waals surface area (Å²) in [6.07, 6.45) is 0. The van der Waals surface area contributed by atoms with Gasteiger partial charge in [-0.05, 0) is 31.9 Å². The van der Waals surface area contributed by atoms with E-state index >= 15 is 0 Å². The van der Waals surface area contributed by atoms with E-state index in [1.807, 2.05) is 81.4 Å². The van der Waals surface area contributed by atoms with Gasteiger partial charge in [-0.15, -0.1) is 0 Å². The van der Waals surface area contributed by atoms with Gasteiger partial charge in [0.2, 0.25) is 11.8 Å². The Morgan fingerprint density at radius 1 is 0.806 bits per heavy atom. The van der Waals surface area contributed by atoms with Crippen LogP contribution in [-0.4, -0.2) is 66.4 Å². The van der Waals surface area contributed by atoms with Gasteiger partial charge in [0.05, 0.1) is 18.6 Å². The summed E-state index contributed by atoms with van der Waals surface area (Å²) in [6.45, 7) is 9.41. The van der Waals surface area contributed by atoms with Crippen LogP contribution in [0.4, 0.5) is 0 Å². The molecule has 166 valence electrons. The highest BCUT2D eigenvalue weighted by Crippen LogP contribution is 2.22. The number of rotatable bonds is 8. The number of hydrogen-bond acceptors (Lipinski definition) is 4.